The molecule has 27 heavy (non-hydrogen) atoms. The number of carbonyl (C=O) groups is 1. The quantitative estimate of drug-likeness (QED) is 0.716. The number of nitrogens with one attached hydrogen (secondary N) is 1. The molecule has 0 bridgehead atoms. The smallest absolute Gasteiger partial charge is 0.330 e. The third-order valence-electron chi connectivity index (χ3n) is 4.76. The number of aromatic nitrogens is 2. The molecular weight excluding hydrogens is 372 g/mol. The minimum Gasteiger partial charge on any atom is -0.358 e. The van der Waals surface area contributed by atoms with E-state index in [1.165, 1.54) is 21.1 Å². The summed E-state index contributed by atoms with van der Waals surface area (Å²) in [6.45, 7) is -0.0391. The first-order valence-corrected chi connectivity index (χ1v) is 9.69. The van der Waals surface area contributed by atoms with E-state index in [9.17, 15) is 22.8 Å². The molecule has 0 saturated heterocycles. The Hall–Kier alpha value is -2.72. The summed E-state index contributed by atoms with van der Waals surface area (Å²) >= 11 is 0. The maximum absolute atomic E-state index is 13.3. The van der Waals surface area contributed by atoms with Crippen molar-refractivity contribution in [2.45, 2.75) is 23.9 Å². The topological polar surface area (TPSA) is 110 Å². The van der Waals surface area contributed by atoms with E-state index >= 15 is 0 Å². The van der Waals surface area contributed by atoms with Crippen LogP contribution in [0.1, 0.15) is 11.1 Å². The lowest BCUT2D eigenvalue weighted by molar-refractivity contribution is -0.124. The maximum atomic E-state index is 13.3. The van der Waals surface area contributed by atoms with Crippen molar-refractivity contribution in [3.63, 3.8) is 0 Å². The van der Waals surface area contributed by atoms with Crippen LogP contribution in [0.2, 0.25) is 0 Å². The van der Waals surface area contributed by atoms with Crippen molar-refractivity contribution in [3.05, 3.63) is 62.4 Å². The molecule has 144 valence electrons. The number of benzene rings is 1. The van der Waals surface area contributed by atoms with Crippen LogP contribution in [0.5, 0.6) is 0 Å². The fourth-order valence-electron chi connectivity index (χ4n) is 3.22. The summed E-state index contributed by atoms with van der Waals surface area (Å²) in [5, 5.41) is 2.48. The summed E-state index contributed by atoms with van der Waals surface area (Å²) < 4.78 is 29.4. The van der Waals surface area contributed by atoms with E-state index in [0.29, 0.717) is 0 Å². The average Bonchev–Trinajstić information content (AvgIpc) is 2.67. The Morgan fingerprint density at radius 3 is 2.41 bits per heavy atom. The van der Waals surface area contributed by atoms with Crippen LogP contribution < -0.4 is 16.6 Å². The van der Waals surface area contributed by atoms with Crippen LogP contribution in [0.25, 0.3) is 0 Å². The molecule has 1 N–H and O–H groups in total. The van der Waals surface area contributed by atoms with Gasteiger partial charge in [-0.1, -0.05) is 24.3 Å². The molecule has 2 aromatic rings. The average molecular weight is 392 g/mol. The number of aryl methyl sites for hydroxylation is 1. The minimum atomic E-state index is -4.32. The van der Waals surface area contributed by atoms with Gasteiger partial charge in [-0.2, -0.15) is 4.31 Å². The molecule has 1 atom stereocenters. The van der Waals surface area contributed by atoms with Crippen LogP contribution in [-0.4, -0.2) is 40.9 Å². The van der Waals surface area contributed by atoms with Gasteiger partial charge in [0.25, 0.3) is 15.6 Å². The number of fused-ring (bicyclic) bond motifs is 1. The molecule has 9 nitrogen and oxygen atoms in total. The standard InChI is InChI=1S/C17H20N4O5S/c1-18-15(22)13-8-11-6-4-5-7-12(11)9-21(13)27(25,26)14-10-19(2)17(24)20(3)16(14)23/h4-7,10,13H,8-9H2,1-3H3,(H,18,22)/t13-/m1/s1. The predicted molar refractivity (Wildman–Crippen MR) is 97.7 cm³/mol. The highest BCUT2D eigenvalue weighted by molar-refractivity contribution is 7.89. The Morgan fingerprint density at radius 2 is 1.78 bits per heavy atom. The van der Waals surface area contributed by atoms with Gasteiger partial charge in [0.1, 0.15) is 6.04 Å². The third kappa shape index (κ3) is 3.10. The fraction of sp³-hybridized carbons (Fsp3) is 0.353. The van der Waals surface area contributed by atoms with Gasteiger partial charge in [-0.25, -0.2) is 13.2 Å². The van der Waals surface area contributed by atoms with Crippen molar-refractivity contribution in [1.82, 2.24) is 18.8 Å². The van der Waals surface area contributed by atoms with Crippen LogP contribution in [0.4, 0.5) is 0 Å². The Balaban J connectivity index is 2.19. The summed E-state index contributed by atoms with van der Waals surface area (Å²) in [5.41, 5.74) is 0.0900. The summed E-state index contributed by atoms with van der Waals surface area (Å²) in [6.07, 6.45) is 1.20. The first-order valence-electron chi connectivity index (χ1n) is 8.25. The molecule has 0 unspecified atom stereocenters. The highest BCUT2D eigenvalue weighted by atomic mass is 32.2. The van der Waals surface area contributed by atoms with Gasteiger partial charge >= 0.3 is 5.69 Å². The second-order valence-electron chi connectivity index (χ2n) is 6.40. The lowest BCUT2D eigenvalue weighted by Gasteiger charge is -2.34. The van der Waals surface area contributed by atoms with Gasteiger partial charge in [-0.15, -0.1) is 0 Å². The highest BCUT2D eigenvalue weighted by Gasteiger charge is 2.40. The zero-order valence-electron chi connectivity index (χ0n) is 15.2. The van der Waals surface area contributed by atoms with E-state index < -0.39 is 38.1 Å². The van der Waals surface area contributed by atoms with E-state index in [1.807, 2.05) is 12.1 Å². The molecule has 3 rings (SSSR count). The number of sulfonamides is 1. The minimum absolute atomic E-state index is 0.0391. The van der Waals surface area contributed by atoms with Gasteiger partial charge in [0.05, 0.1) is 0 Å². The predicted octanol–water partition coefficient (Wildman–Crippen LogP) is -1.05. The number of carbonyl (C=O) groups excluding carboxylic acids is 1. The van der Waals surface area contributed by atoms with Gasteiger partial charge in [0.15, 0.2) is 4.90 Å². The van der Waals surface area contributed by atoms with Gasteiger partial charge < -0.3 is 9.88 Å². The van der Waals surface area contributed by atoms with Crippen molar-refractivity contribution < 1.29 is 13.2 Å². The van der Waals surface area contributed by atoms with Crippen molar-refractivity contribution in [2.75, 3.05) is 7.05 Å². The molecule has 0 spiro atoms. The molecule has 10 heteroatoms. The second kappa shape index (κ2) is 6.78. The number of nitrogens with zero attached hydrogens (tertiary/aromatic N) is 3. The van der Waals surface area contributed by atoms with E-state index in [2.05, 4.69) is 5.32 Å². The summed E-state index contributed by atoms with van der Waals surface area (Å²) in [7, 11) is -0.315. The third-order valence-corrected chi connectivity index (χ3v) is 6.59. The van der Waals surface area contributed by atoms with Gasteiger partial charge in [0.2, 0.25) is 5.91 Å². The molecule has 1 amide bonds. The van der Waals surface area contributed by atoms with Crippen molar-refractivity contribution in [2.24, 2.45) is 14.1 Å². The van der Waals surface area contributed by atoms with Crippen molar-refractivity contribution in [1.29, 1.82) is 0 Å². The van der Waals surface area contributed by atoms with E-state index in [-0.39, 0.29) is 13.0 Å². The Labute approximate surface area is 155 Å². The Morgan fingerprint density at radius 1 is 1.15 bits per heavy atom. The number of rotatable bonds is 3. The maximum Gasteiger partial charge on any atom is 0.330 e. The molecule has 0 radical (unpaired) electrons. The highest BCUT2D eigenvalue weighted by Crippen LogP contribution is 2.28. The molecule has 0 aliphatic carbocycles. The number of likely N-dealkylation sites (N-methyl/N-ethyl adjacent to an activating group) is 1. The molecule has 1 aromatic heterocycles. The molecule has 1 aliphatic heterocycles. The molecule has 2 heterocycles. The van der Waals surface area contributed by atoms with Gasteiger partial charge in [-0.05, 0) is 17.5 Å². The van der Waals surface area contributed by atoms with Gasteiger partial charge in [-0.3, -0.25) is 14.2 Å². The van der Waals surface area contributed by atoms with E-state index in [1.54, 1.807) is 12.1 Å². The number of hydrogen-bond donors (Lipinski definition) is 1. The van der Waals surface area contributed by atoms with Crippen LogP contribution in [0.3, 0.4) is 0 Å². The zero-order chi connectivity index (χ0) is 19.9. The van der Waals surface area contributed by atoms with Crippen molar-refractivity contribution in [3.8, 4) is 0 Å². The zero-order valence-corrected chi connectivity index (χ0v) is 16.0. The summed E-state index contributed by atoms with van der Waals surface area (Å²) in [4.78, 5) is 36.2. The van der Waals surface area contributed by atoms with Crippen molar-refractivity contribution >= 4 is 15.9 Å². The molecule has 0 saturated carbocycles. The van der Waals surface area contributed by atoms with Gasteiger partial charge in [0, 0.05) is 33.9 Å². The normalized spacial score (nSPS) is 17.4. The first kappa shape index (κ1) is 19.1. The van der Waals surface area contributed by atoms with Crippen LogP contribution >= 0.6 is 0 Å². The summed E-state index contributed by atoms with van der Waals surface area (Å²) in [6, 6.07) is 6.26. The first-order chi connectivity index (χ1) is 12.7. The monoisotopic (exact) mass is 392 g/mol. The lowest BCUT2D eigenvalue weighted by atomic mass is 9.95. The second-order valence-corrected chi connectivity index (χ2v) is 8.26. The SMILES string of the molecule is CNC(=O)[C@H]1Cc2ccccc2CN1S(=O)(=O)c1cn(C)c(=O)n(C)c1=O. The Kier molecular flexibility index (Phi) is 4.79. The molecule has 0 fully saturated rings. The largest absolute Gasteiger partial charge is 0.358 e. The molecular formula is C17H20N4O5S. The fourth-order valence-corrected chi connectivity index (χ4v) is 4.94. The molecule has 1 aromatic carbocycles. The van der Waals surface area contributed by atoms with Crippen LogP contribution in [-0.2, 0) is 41.9 Å². The van der Waals surface area contributed by atoms with E-state index in [0.717, 1.165) is 30.8 Å². The number of hydrogen-bond acceptors (Lipinski definition) is 5. The van der Waals surface area contributed by atoms with Crippen LogP contribution in [0, 0.1) is 0 Å². The van der Waals surface area contributed by atoms with E-state index in [4.69, 9.17) is 0 Å². The number of amides is 1. The summed E-state index contributed by atoms with van der Waals surface area (Å²) in [5.74, 6) is -0.463. The van der Waals surface area contributed by atoms with Crippen LogP contribution in [0.15, 0.2) is 44.9 Å². The Bertz CT molecular complexity index is 1130. The lowest BCUT2D eigenvalue weighted by Crippen LogP contribution is -2.53. The molecule has 1 aliphatic rings.